The van der Waals surface area contributed by atoms with Crippen LogP contribution in [0.5, 0.6) is 0 Å². The summed E-state index contributed by atoms with van der Waals surface area (Å²) in [7, 11) is -3.89. The first-order valence-corrected chi connectivity index (χ1v) is 11.1. The molecule has 132 valence electrons. The van der Waals surface area contributed by atoms with E-state index < -0.39 is 10.1 Å². The standard InChI is InChI=1S/C10H21OS.C7H8O3S/c1-4-7-8-10(11)9-12(5-2)6-3;1-6-2-4-7(5-3-6)11(8,9)10/h4-9H2,1-3H3;2-5H,1H3,(H,8,9,10)/q+1;/p-1. The highest BCUT2D eigenvalue weighted by atomic mass is 32.2. The molecule has 0 aliphatic rings. The molecule has 6 heteroatoms. The highest BCUT2D eigenvalue weighted by Gasteiger charge is 2.16. The van der Waals surface area contributed by atoms with E-state index in [1.54, 1.807) is 12.1 Å². The summed E-state index contributed by atoms with van der Waals surface area (Å²) < 4.78 is 31.2. The zero-order valence-corrected chi connectivity index (χ0v) is 16.1. The van der Waals surface area contributed by atoms with Crippen molar-refractivity contribution in [2.24, 2.45) is 0 Å². The predicted octanol–water partition coefficient (Wildman–Crippen LogP) is 3.30. The van der Waals surface area contributed by atoms with Gasteiger partial charge < -0.3 is 4.55 Å². The molecule has 4 nitrogen and oxygen atoms in total. The van der Waals surface area contributed by atoms with Crippen LogP contribution in [0, 0.1) is 6.92 Å². The first-order valence-electron chi connectivity index (χ1n) is 7.92. The summed E-state index contributed by atoms with van der Waals surface area (Å²) in [6.07, 6.45) is 3.02. The summed E-state index contributed by atoms with van der Waals surface area (Å²) in [5.74, 6) is 3.67. The van der Waals surface area contributed by atoms with Crippen LogP contribution in [-0.2, 0) is 25.8 Å². The zero-order valence-electron chi connectivity index (χ0n) is 14.5. The number of ketones is 1. The van der Waals surface area contributed by atoms with Crippen molar-refractivity contribution in [3.63, 3.8) is 0 Å². The second-order valence-corrected chi connectivity index (χ2v) is 9.29. The smallest absolute Gasteiger partial charge is 0.181 e. The fourth-order valence-electron chi connectivity index (χ4n) is 1.79. The van der Waals surface area contributed by atoms with Crippen molar-refractivity contribution in [3.05, 3.63) is 29.8 Å². The first kappa shape index (κ1) is 22.1. The Hall–Kier alpha value is -0.850. The minimum atomic E-state index is -4.27. The number of carbonyl (C=O) groups excluding carboxylic acids is 1. The molecule has 0 fully saturated rings. The highest BCUT2D eigenvalue weighted by molar-refractivity contribution is 7.97. The molecule has 23 heavy (non-hydrogen) atoms. The molecule has 1 aromatic carbocycles. The van der Waals surface area contributed by atoms with Crippen LogP contribution in [0.4, 0.5) is 0 Å². The van der Waals surface area contributed by atoms with Gasteiger partial charge in [-0.25, -0.2) is 8.42 Å². The van der Waals surface area contributed by atoms with Gasteiger partial charge in [0, 0.05) is 6.42 Å². The highest BCUT2D eigenvalue weighted by Crippen LogP contribution is 2.08. The lowest BCUT2D eigenvalue weighted by atomic mass is 10.2. The Morgan fingerprint density at radius 1 is 1.09 bits per heavy atom. The molecule has 1 aromatic rings. The number of unbranched alkanes of at least 4 members (excludes halogenated alkanes) is 1. The summed E-state index contributed by atoms with van der Waals surface area (Å²) in [6, 6.07) is 5.78. The maximum atomic E-state index is 11.3. The third kappa shape index (κ3) is 10.5. The average molecular weight is 361 g/mol. The van der Waals surface area contributed by atoms with Gasteiger partial charge in [0.05, 0.1) is 4.90 Å². The van der Waals surface area contributed by atoms with Crippen LogP contribution in [0.3, 0.4) is 0 Å². The number of hydrogen-bond donors (Lipinski definition) is 0. The van der Waals surface area contributed by atoms with Crippen molar-refractivity contribution in [2.75, 3.05) is 17.3 Å². The minimum absolute atomic E-state index is 0.178. The lowest BCUT2D eigenvalue weighted by Gasteiger charge is -2.05. The normalized spacial score (nSPS) is 11.0. The van der Waals surface area contributed by atoms with Gasteiger partial charge >= 0.3 is 0 Å². The number of benzene rings is 1. The minimum Gasteiger partial charge on any atom is -0.744 e. The number of Topliss-reactive ketones (excluding diaryl/α,β-unsaturated/α-hetero) is 1. The van der Waals surface area contributed by atoms with Gasteiger partial charge in [0.25, 0.3) is 0 Å². The number of rotatable bonds is 8. The second kappa shape index (κ2) is 11.6. The summed E-state index contributed by atoms with van der Waals surface area (Å²) in [5.41, 5.74) is 0.928. The van der Waals surface area contributed by atoms with Crippen LogP contribution < -0.4 is 0 Å². The fourth-order valence-corrected chi connectivity index (χ4v) is 3.67. The van der Waals surface area contributed by atoms with Gasteiger partial charge in [-0.3, -0.25) is 4.79 Å². The largest absolute Gasteiger partial charge is 0.744 e. The monoisotopic (exact) mass is 360 g/mol. The summed E-state index contributed by atoms with van der Waals surface area (Å²) in [4.78, 5) is 11.2. The molecule has 0 saturated heterocycles. The molecule has 0 N–H and O–H groups in total. The van der Waals surface area contributed by atoms with Crippen LogP contribution in [-0.4, -0.2) is 36.0 Å². The molecule has 0 heterocycles. The fraction of sp³-hybridized carbons (Fsp3) is 0.588. The lowest BCUT2D eigenvalue weighted by molar-refractivity contribution is -0.116. The first-order chi connectivity index (χ1) is 10.7. The second-order valence-electron chi connectivity index (χ2n) is 5.24. The van der Waals surface area contributed by atoms with E-state index in [2.05, 4.69) is 20.8 Å². The summed E-state index contributed by atoms with van der Waals surface area (Å²) in [6.45, 7) is 8.31. The van der Waals surface area contributed by atoms with Crippen molar-refractivity contribution in [3.8, 4) is 0 Å². The molecule has 0 bridgehead atoms. The van der Waals surface area contributed by atoms with Crippen LogP contribution in [0.15, 0.2) is 29.2 Å². The molecule has 0 spiro atoms. The van der Waals surface area contributed by atoms with Crippen molar-refractivity contribution >= 4 is 26.8 Å². The third-order valence-corrected chi connectivity index (χ3v) is 6.51. The van der Waals surface area contributed by atoms with Crippen molar-refractivity contribution < 1.29 is 17.8 Å². The Morgan fingerprint density at radius 2 is 1.61 bits per heavy atom. The number of hydrogen-bond acceptors (Lipinski definition) is 4. The maximum absolute atomic E-state index is 11.3. The van der Waals surface area contributed by atoms with Crippen molar-refractivity contribution in [1.29, 1.82) is 0 Å². The van der Waals surface area contributed by atoms with E-state index in [1.165, 1.54) is 23.6 Å². The zero-order chi connectivity index (χ0) is 17.9. The van der Waals surface area contributed by atoms with Crippen LogP contribution >= 0.6 is 0 Å². The van der Waals surface area contributed by atoms with Gasteiger partial charge in [0.2, 0.25) is 0 Å². The Bertz CT molecular complexity index is 546. The Labute approximate surface area is 143 Å². The van der Waals surface area contributed by atoms with Crippen LogP contribution in [0.2, 0.25) is 0 Å². The lowest BCUT2D eigenvalue weighted by Crippen LogP contribution is -2.19. The topological polar surface area (TPSA) is 74.3 Å². The predicted molar refractivity (Wildman–Crippen MR) is 97.0 cm³/mol. The number of aryl methyl sites for hydroxylation is 1. The Morgan fingerprint density at radius 3 is 2.00 bits per heavy atom. The van der Waals surface area contributed by atoms with Gasteiger partial charge in [-0.2, -0.15) is 0 Å². The number of carbonyl (C=O) groups is 1. The molecule has 0 saturated carbocycles. The van der Waals surface area contributed by atoms with Gasteiger partial charge in [-0.05, 0) is 50.2 Å². The maximum Gasteiger partial charge on any atom is 0.181 e. The van der Waals surface area contributed by atoms with E-state index in [9.17, 15) is 17.8 Å². The molecule has 0 unspecified atom stereocenters. The molecule has 0 aromatic heterocycles. The molecule has 0 radical (unpaired) electrons. The van der Waals surface area contributed by atoms with E-state index >= 15 is 0 Å². The van der Waals surface area contributed by atoms with E-state index in [0.717, 1.165) is 30.6 Å². The average Bonchev–Trinajstić information content (AvgIpc) is 2.50. The SMILES string of the molecule is CCCCC(=O)C[S+](CC)CC.Cc1ccc(S(=O)(=O)[O-])cc1. The van der Waals surface area contributed by atoms with Gasteiger partial charge in [-0.15, -0.1) is 0 Å². The molecule has 0 aliphatic carbocycles. The van der Waals surface area contributed by atoms with Crippen LogP contribution in [0.1, 0.15) is 45.6 Å². The molecule has 0 amide bonds. The molecule has 0 aliphatic heterocycles. The third-order valence-electron chi connectivity index (χ3n) is 3.30. The van der Waals surface area contributed by atoms with Gasteiger partial charge in [0.1, 0.15) is 21.6 Å². The van der Waals surface area contributed by atoms with E-state index in [-0.39, 0.29) is 4.90 Å². The Balaban J connectivity index is 0.000000422. The molecule has 0 atom stereocenters. The van der Waals surface area contributed by atoms with E-state index in [1.807, 2.05) is 6.92 Å². The molecular weight excluding hydrogens is 332 g/mol. The van der Waals surface area contributed by atoms with Crippen molar-refractivity contribution in [1.82, 2.24) is 0 Å². The van der Waals surface area contributed by atoms with Gasteiger partial charge in [0.15, 0.2) is 11.5 Å². The van der Waals surface area contributed by atoms with E-state index in [4.69, 9.17) is 0 Å². The summed E-state index contributed by atoms with van der Waals surface area (Å²) >= 11 is 0. The Kier molecular flexibility index (Phi) is 11.2. The van der Waals surface area contributed by atoms with Crippen LogP contribution in [0.25, 0.3) is 0 Å². The molecule has 1 rings (SSSR count). The van der Waals surface area contributed by atoms with Gasteiger partial charge in [-0.1, -0.05) is 31.0 Å². The summed E-state index contributed by atoms with van der Waals surface area (Å²) in [5, 5.41) is 0. The van der Waals surface area contributed by atoms with Crippen molar-refractivity contribution in [2.45, 2.75) is 51.9 Å². The molecular formula is C17H28O4S2. The van der Waals surface area contributed by atoms with E-state index in [0.29, 0.717) is 16.7 Å². The quantitative estimate of drug-likeness (QED) is 0.526.